The van der Waals surface area contributed by atoms with E-state index in [4.69, 9.17) is 9.47 Å². The van der Waals surface area contributed by atoms with Gasteiger partial charge in [-0.15, -0.1) is 0 Å². The van der Waals surface area contributed by atoms with Gasteiger partial charge in [-0.1, -0.05) is 12.1 Å². The van der Waals surface area contributed by atoms with Crippen molar-refractivity contribution in [3.8, 4) is 0 Å². The van der Waals surface area contributed by atoms with Crippen molar-refractivity contribution in [2.75, 3.05) is 57.5 Å². The molecular formula is C15H22N2O2. The molecule has 4 nitrogen and oxygen atoms in total. The summed E-state index contributed by atoms with van der Waals surface area (Å²) < 4.78 is 10.8. The SMILES string of the molecule is c1cc(N2CCOCC2)ccc1CN1CCOCC1. The Labute approximate surface area is 114 Å². The average molecular weight is 262 g/mol. The van der Waals surface area contributed by atoms with Crippen molar-refractivity contribution in [1.82, 2.24) is 4.90 Å². The van der Waals surface area contributed by atoms with E-state index in [1.54, 1.807) is 0 Å². The molecule has 2 aliphatic heterocycles. The predicted molar refractivity (Wildman–Crippen MR) is 75.6 cm³/mol. The summed E-state index contributed by atoms with van der Waals surface area (Å²) in [5.41, 5.74) is 2.70. The van der Waals surface area contributed by atoms with Crippen LogP contribution in [-0.4, -0.2) is 57.5 Å². The third kappa shape index (κ3) is 3.47. The Morgan fingerprint density at radius 3 is 2.00 bits per heavy atom. The number of rotatable bonds is 3. The molecule has 3 rings (SSSR count). The molecule has 0 saturated carbocycles. The number of ether oxygens (including phenoxy) is 2. The van der Waals surface area contributed by atoms with Crippen molar-refractivity contribution in [3.63, 3.8) is 0 Å². The van der Waals surface area contributed by atoms with Crippen LogP contribution < -0.4 is 4.90 Å². The van der Waals surface area contributed by atoms with Crippen LogP contribution in [0.2, 0.25) is 0 Å². The lowest BCUT2D eigenvalue weighted by Crippen LogP contribution is -2.36. The van der Waals surface area contributed by atoms with Crippen LogP contribution in [0.1, 0.15) is 5.56 Å². The minimum atomic E-state index is 0.843. The lowest BCUT2D eigenvalue weighted by molar-refractivity contribution is 0.0342. The quantitative estimate of drug-likeness (QED) is 0.821. The Morgan fingerprint density at radius 1 is 0.789 bits per heavy atom. The second kappa shape index (κ2) is 6.37. The molecule has 2 fully saturated rings. The zero-order chi connectivity index (χ0) is 12.9. The number of morpholine rings is 2. The second-order valence-electron chi connectivity index (χ2n) is 5.15. The van der Waals surface area contributed by atoms with Crippen LogP contribution in [0.15, 0.2) is 24.3 Å². The monoisotopic (exact) mass is 262 g/mol. The highest BCUT2D eigenvalue weighted by Gasteiger charge is 2.12. The first-order chi connectivity index (χ1) is 9.42. The van der Waals surface area contributed by atoms with Crippen LogP contribution in [0, 0.1) is 0 Å². The molecule has 1 aromatic carbocycles. The molecule has 0 aliphatic carbocycles. The summed E-state index contributed by atoms with van der Waals surface area (Å²) >= 11 is 0. The molecule has 0 radical (unpaired) electrons. The molecule has 0 amide bonds. The molecule has 19 heavy (non-hydrogen) atoms. The van der Waals surface area contributed by atoms with E-state index in [9.17, 15) is 0 Å². The number of anilines is 1. The molecule has 1 aromatic rings. The van der Waals surface area contributed by atoms with E-state index < -0.39 is 0 Å². The molecule has 2 saturated heterocycles. The maximum Gasteiger partial charge on any atom is 0.0642 e. The minimum absolute atomic E-state index is 0.843. The number of hydrogen-bond donors (Lipinski definition) is 0. The zero-order valence-corrected chi connectivity index (χ0v) is 11.4. The zero-order valence-electron chi connectivity index (χ0n) is 11.4. The van der Waals surface area contributed by atoms with E-state index in [1.165, 1.54) is 11.3 Å². The lowest BCUT2D eigenvalue weighted by Gasteiger charge is -2.29. The lowest BCUT2D eigenvalue weighted by atomic mass is 10.1. The Balaban J connectivity index is 1.58. The Hall–Kier alpha value is -1.10. The average Bonchev–Trinajstić information content (AvgIpc) is 2.50. The number of nitrogens with zero attached hydrogens (tertiary/aromatic N) is 2. The highest BCUT2D eigenvalue weighted by atomic mass is 16.5. The number of hydrogen-bond acceptors (Lipinski definition) is 4. The molecule has 104 valence electrons. The standard InChI is InChI=1S/C15H22N2O2/c1-3-15(17-7-11-19-12-8-17)4-2-14(1)13-16-5-9-18-10-6-16/h1-4H,5-13H2. The summed E-state index contributed by atoms with van der Waals surface area (Å²) in [7, 11) is 0. The van der Waals surface area contributed by atoms with E-state index in [0.29, 0.717) is 0 Å². The van der Waals surface area contributed by atoms with Crippen LogP contribution in [0.3, 0.4) is 0 Å². The first kappa shape index (κ1) is 12.9. The third-order valence-electron chi connectivity index (χ3n) is 3.82. The van der Waals surface area contributed by atoms with Gasteiger partial charge in [0.2, 0.25) is 0 Å². The predicted octanol–water partition coefficient (Wildman–Crippen LogP) is 1.36. The fraction of sp³-hybridized carbons (Fsp3) is 0.600. The van der Waals surface area contributed by atoms with E-state index in [1.807, 2.05) is 0 Å². The molecule has 0 aromatic heterocycles. The van der Waals surface area contributed by atoms with Gasteiger partial charge in [0, 0.05) is 38.4 Å². The summed E-state index contributed by atoms with van der Waals surface area (Å²) in [4.78, 5) is 4.84. The molecule has 2 aliphatic rings. The normalized spacial score (nSPS) is 21.6. The van der Waals surface area contributed by atoms with Crippen LogP contribution in [-0.2, 0) is 16.0 Å². The summed E-state index contributed by atoms with van der Waals surface area (Å²) in [6, 6.07) is 8.97. The van der Waals surface area contributed by atoms with Crippen LogP contribution in [0.4, 0.5) is 5.69 Å². The summed E-state index contributed by atoms with van der Waals surface area (Å²) in [6.45, 7) is 8.55. The minimum Gasteiger partial charge on any atom is -0.379 e. The van der Waals surface area contributed by atoms with Crippen molar-refractivity contribution in [3.05, 3.63) is 29.8 Å². The van der Waals surface area contributed by atoms with Crippen molar-refractivity contribution in [2.45, 2.75) is 6.54 Å². The number of benzene rings is 1. The Kier molecular flexibility index (Phi) is 4.33. The van der Waals surface area contributed by atoms with Crippen LogP contribution >= 0.6 is 0 Å². The van der Waals surface area contributed by atoms with E-state index in [0.717, 1.165) is 59.2 Å². The van der Waals surface area contributed by atoms with Gasteiger partial charge in [0.15, 0.2) is 0 Å². The highest BCUT2D eigenvalue weighted by molar-refractivity contribution is 5.47. The van der Waals surface area contributed by atoms with Gasteiger partial charge in [0.1, 0.15) is 0 Å². The van der Waals surface area contributed by atoms with E-state index in [2.05, 4.69) is 34.1 Å². The van der Waals surface area contributed by atoms with Gasteiger partial charge < -0.3 is 14.4 Å². The van der Waals surface area contributed by atoms with Gasteiger partial charge in [-0.2, -0.15) is 0 Å². The van der Waals surface area contributed by atoms with E-state index >= 15 is 0 Å². The van der Waals surface area contributed by atoms with Crippen LogP contribution in [0.5, 0.6) is 0 Å². The smallest absolute Gasteiger partial charge is 0.0642 e. The largest absolute Gasteiger partial charge is 0.379 e. The molecule has 4 heteroatoms. The molecule has 0 bridgehead atoms. The maximum atomic E-state index is 5.39. The molecule has 2 heterocycles. The topological polar surface area (TPSA) is 24.9 Å². The van der Waals surface area contributed by atoms with Gasteiger partial charge in [0.25, 0.3) is 0 Å². The first-order valence-electron chi connectivity index (χ1n) is 7.13. The van der Waals surface area contributed by atoms with Crippen molar-refractivity contribution in [2.24, 2.45) is 0 Å². The summed E-state index contributed by atoms with van der Waals surface area (Å²) in [5, 5.41) is 0. The van der Waals surface area contributed by atoms with Crippen molar-refractivity contribution < 1.29 is 9.47 Å². The van der Waals surface area contributed by atoms with Gasteiger partial charge >= 0.3 is 0 Å². The fourth-order valence-corrected chi connectivity index (χ4v) is 2.65. The maximum absolute atomic E-state index is 5.39. The first-order valence-corrected chi connectivity index (χ1v) is 7.13. The van der Waals surface area contributed by atoms with Gasteiger partial charge in [-0.25, -0.2) is 0 Å². The second-order valence-corrected chi connectivity index (χ2v) is 5.15. The van der Waals surface area contributed by atoms with Crippen molar-refractivity contribution >= 4 is 5.69 Å². The van der Waals surface area contributed by atoms with Gasteiger partial charge in [-0.3, -0.25) is 4.90 Å². The van der Waals surface area contributed by atoms with Crippen molar-refractivity contribution in [1.29, 1.82) is 0 Å². The van der Waals surface area contributed by atoms with Gasteiger partial charge in [-0.05, 0) is 17.7 Å². The van der Waals surface area contributed by atoms with Gasteiger partial charge in [0.05, 0.1) is 26.4 Å². The Bertz CT molecular complexity index is 382. The molecule has 0 unspecified atom stereocenters. The molecular weight excluding hydrogens is 240 g/mol. The fourth-order valence-electron chi connectivity index (χ4n) is 2.65. The summed E-state index contributed by atoms with van der Waals surface area (Å²) in [5.74, 6) is 0. The molecule has 0 N–H and O–H groups in total. The molecule has 0 spiro atoms. The molecule has 0 atom stereocenters. The Morgan fingerprint density at radius 2 is 1.37 bits per heavy atom. The third-order valence-corrected chi connectivity index (χ3v) is 3.82. The van der Waals surface area contributed by atoms with E-state index in [-0.39, 0.29) is 0 Å². The highest BCUT2D eigenvalue weighted by Crippen LogP contribution is 2.17. The summed E-state index contributed by atoms with van der Waals surface area (Å²) in [6.07, 6.45) is 0. The van der Waals surface area contributed by atoms with Crippen LogP contribution in [0.25, 0.3) is 0 Å².